The summed E-state index contributed by atoms with van der Waals surface area (Å²) < 4.78 is 5.25. The molecule has 6 nitrogen and oxygen atoms in total. The zero-order valence-corrected chi connectivity index (χ0v) is 15.1. The lowest BCUT2D eigenvalue weighted by Crippen LogP contribution is -2.34. The first kappa shape index (κ1) is 16.8. The molecule has 4 rings (SSSR count). The molecule has 1 aliphatic carbocycles. The lowest BCUT2D eigenvalue weighted by atomic mass is 10.1. The third-order valence-corrected chi connectivity index (χ3v) is 5.05. The Labute approximate surface area is 153 Å². The maximum absolute atomic E-state index is 12.8. The van der Waals surface area contributed by atoms with E-state index in [0.717, 1.165) is 35.7 Å². The van der Waals surface area contributed by atoms with Crippen LogP contribution < -0.4 is 10.1 Å². The predicted molar refractivity (Wildman–Crippen MR) is 99.4 cm³/mol. The molecule has 1 aromatic heterocycles. The number of carbonyl (C=O) groups excluding carboxylic acids is 1. The van der Waals surface area contributed by atoms with Crippen molar-refractivity contribution in [1.82, 2.24) is 14.9 Å². The molecule has 1 saturated carbocycles. The van der Waals surface area contributed by atoms with Gasteiger partial charge in [-0.05, 0) is 37.0 Å². The van der Waals surface area contributed by atoms with Gasteiger partial charge in [-0.15, -0.1) is 0 Å². The summed E-state index contributed by atoms with van der Waals surface area (Å²) in [5.41, 5.74) is 3.22. The smallest absolute Gasteiger partial charge is 0.227 e. The number of amides is 1. The molecule has 1 aliphatic heterocycles. The van der Waals surface area contributed by atoms with Crippen LogP contribution in [0.3, 0.4) is 0 Å². The summed E-state index contributed by atoms with van der Waals surface area (Å²) in [5, 5.41) is 3.50. The highest BCUT2D eigenvalue weighted by molar-refractivity contribution is 5.79. The Morgan fingerprint density at radius 1 is 1.27 bits per heavy atom. The lowest BCUT2D eigenvalue weighted by Gasteiger charge is -2.20. The molecule has 0 saturated heterocycles. The molecule has 1 N–H and O–H groups in total. The van der Waals surface area contributed by atoms with Gasteiger partial charge in [-0.2, -0.15) is 0 Å². The van der Waals surface area contributed by atoms with E-state index in [4.69, 9.17) is 4.74 Å². The van der Waals surface area contributed by atoms with Crippen LogP contribution >= 0.6 is 0 Å². The number of rotatable bonds is 5. The first-order valence-corrected chi connectivity index (χ1v) is 9.23. The van der Waals surface area contributed by atoms with E-state index in [1.54, 1.807) is 13.4 Å². The number of ether oxygens (including phenoxy) is 1. The first-order valence-electron chi connectivity index (χ1n) is 9.23. The van der Waals surface area contributed by atoms with E-state index in [0.29, 0.717) is 25.6 Å². The van der Waals surface area contributed by atoms with Gasteiger partial charge in [0.05, 0.1) is 19.2 Å². The summed E-state index contributed by atoms with van der Waals surface area (Å²) in [6, 6.07) is 8.27. The topological polar surface area (TPSA) is 67.3 Å². The Bertz CT molecular complexity index is 804. The van der Waals surface area contributed by atoms with E-state index in [1.807, 2.05) is 29.2 Å². The fourth-order valence-electron chi connectivity index (χ4n) is 3.39. The van der Waals surface area contributed by atoms with E-state index in [9.17, 15) is 4.79 Å². The zero-order chi connectivity index (χ0) is 17.9. The maximum Gasteiger partial charge on any atom is 0.227 e. The Kier molecular flexibility index (Phi) is 4.73. The number of benzene rings is 1. The molecule has 6 heteroatoms. The van der Waals surface area contributed by atoms with E-state index in [2.05, 4.69) is 15.3 Å². The quantitative estimate of drug-likeness (QED) is 0.894. The van der Waals surface area contributed by atoms with Gasteiger partial charge in [0, 0.05) is 31.1 Å². The van der Waals surface area contributed by atoms with Crippen molar-refractivity contribution in [1.29, 1.82) is 0 Å². The molecule has 2 aromatic rings. The molecule has 1 aromatic carbocycles. The number of nitrogens with zero attached hydrogens (tertiary/aromatic N) is 3. The van der Waals surface area contributed by atoms with E-state index in [1.165, 1.54) is 18.4 Å². The minimum atomic E-state index is 0.149. The van der Waals surface area contributed by atoms with Crippen LogP contribution in [0.5, 0.6) is 5.75 Å². The van der Waals surface area contributed by atoms with Crippen LogP contribution in [0.2, 0.25) is 0 Å². The Balaban J connectivity index is 1.44. The van der Waals surface area contributed by atoms with Crippen LogP contribution in [0.25, 0.3) is 0 Å². The lowest BCUT2D eigenvalue weighted by molar-refractivity contribution is -0.130. The summed E-state index contributed by atoms with van der Waals surface area (Å²) in [5.74, 6) is 1.89. The molecule has 0 radical (unpaired) electrons. The van der Waals surface area contributed by atoms with Gasteiger partial charge in [0.1, 0.15) is 17.9 Å². The third kappa shape index (κ3) is 3.79. The number of aromatic nitrogens is 2. The Morgan fingerprint density at radius 3 is 2.92 bits per heavy atom. The molecule has 0 atom stereocenters. The second kappa shape index (κ2) is 7.32. The van der Waals surface area contributed by atoms with Crippen molar-refractivity contribution in [3.63, 3.8) is 0 Å². The van der Waals surface area contributed by atoms with Crippen molar-refractivity contribution in [3.05, 3.63) is 47.4 Å². The normalized spacial score (nSPS) is 16.6. The highest BCUT2D eigenvalue weighted by Gasteiger charge is 2.26. The molecule has 0 bridgehead atoms. The molecule has 1 fully saturated rings. The van der Waals surface area contributed by atoms with Crippen molar-refractivity contribution < 1.29 is 9.53 Å². The number of hydrogen-bond donors (Lipinski definition) is 1. The van der Waals surface area contributed by atoms with Crippen LogP contribution in [0.15, 0.2) is 30.6 Å². The molecule has 2 aliphatic rings. The molecule has 0 unspecified atom stereocenters. The van der Waals surface area contributed by atoms with Gasteiger partial charge in [0.2, 0.25) is 5.91 Å². The van der Waals surface area contributed by atoms with Crippen molar-refractivity contribution >= 4 is 11.7 Å². The van der Waals surface area contributed by atoms with Gasteiger partial charge in [-0.3, -0.25) is 4.79 Å². The minimum Gasteiger partial charge on any atom is -0.497 e. The van der Waals surface area contributed by atoms with Gasteiger partial charge in [-0.25, -0.2) is 9.97 Å². The van der Waals surface area contributed by atoms with Crippen LogP contribution in [0, 0.1) is 0 Å². The van der Waals surface area contributed by atoms with Crippen molar-refractivity contribution in [2.75, 3.05) is 25.5 Å². The third-order valence-electron chi connectivity index (χ3n) is 5.05. The average molecular weight is 352 g/mol. The first-order chi connectivity index (χ1) is 12.7. The Hall–Kier alpha value is -2.63. The number of nitrogens with one attached hydrogen (secondary N) is 1. The number of hydrogen-bond acceptors (Lipinski definition) is 5. The molecular weight excluding hydrogens is 328 g/mol. The number of fused-ring (bicyclic) bond motifs is 1. The van der Waals surface area contributed by atoms with Crippen molar-refractivity contribution in [2.24, 2.45) is 0 Å². The van der Waals surface area contributed by atoms with Crippen LogP contribution in [-0.4, -0.2) is 47.0 Å². The van der Waals surface area contributed by atoms with Gasteiger partial charge in [-0.1, -0.05) is 12.1 Å². The summed E-state index contributed by atoms with van der Waals surface area (Å²) in [6.45, 7) is 1.41. The molecule has 136 valence electrons. The highest BCUT2D eigenvalue weighted by atomic mass is 16.5. The molecule has 26 heavy (non-hydrogen) atoms. The fraction of sp³-hybridized carbons (Fsp3) is 0.450. The van der Waals surface area contributed by atoms with E-state index >= 15 is 0 Å². The second-order valence-electron chi connectivity index (χ2n) is 6.98. The van der Waals surface area contributed by atoms with Gasteiger partial charge in [0.25, 0.3) is 0 Å². The fourth-order valence-corrected chi connectivity index (χ4v) is 3.39. The van der Waals surface area contributed by atoms with Crippen molar-refractivity contribution in [2.45, 2.75) is 38.1 Å². The van der Waals surface area contributed by atoms with E-state index in [-0.39, 0.29) is 5.91 Å². The number of methoxy groups -OCH3 is 1. The SMILES string of the molecule is COc1cccc(CC(=O)N2CCc3ncnc(NC4CC4)c3CC2)c1. The monoisotopic (exact) mass is 352 g/mol. The minimum absolute atomic E-state index is 0.149. The van der Waals surface area contributed by atoms with Gasteiger partial charge >= 0.3 is 0 Å². The predicted octanol–water partition coefficient (Wildman–Crippen LogP) is 2.23. The summed E-state index contributed by atoms with van der Waals surface area (Å²) in [4.78, 5) is 23.6. The Morgan fingerprint density at radius 2 is 2.12 bits per heavy atom. The molecule has 1 amide bonds. The van der Waals surface area contributed by atoms with Crippen LogP contribution in [0.4, 0.5) is 5.82 Å². The molecular formula is C20H24N4O2. The summed E-state index contributed by atoms with van der Waals surface area (Å²) >= 11 is 0. The van der Waals surface area contributed by atoms with Gasteiger partial charge in [0.15, 0.2) is 0 Å². The van der Waals surface area contributed by atoms with E-state index < -0.39 is 0 Å². The highest BCUT2D eigenvalue weighted by Crippen LogP contribution is 2.27. The maximum atomic E-state index is 12.8. The standard InChI is InChI=1S/C20H24N4O2/c1-26-16-4-2-3-14(11-16)12-19(25)24-9-7-17-18(8-10-24)21-13-22-20(17)23-15-5-6-15/h2-4,11,13,15H,5-10,12H2,1H3,(H,21,22,23). The van der Waals surface area contributed by atoms with Crippen LogP contribution in [-0.2, 0) is 24.1 Å². The van der Waals surface area contributed by atoms with Crippen LogP contribution in [0.1, 0.15) is 29.7 Å². The zero-order valence-electron chi connectivity index (χ0n) is 15.1. The largest absolute Gasteiger partial charge is 0.497 e. The summed E-state index contributed by atoms with van der Waals surface area (Å²) in [7, 11) is 1.64. The van der Waals surface area contributed by atoms with Crippen molar-refractivity contribution in [3.8, 4) is 5.75 Å². The number of anilines is 1. The number of carbonyl (C=O) groups is 1. The average Bonchev–Trinajstić information content (AvgIpc) is 3.48. The molecule has 0 spiro atoms. The second-order valence-corrected chi connectivity index (χ2v) is 6.98. The molecule has 2 heterocycles. The van der Waals surface area contributed by atoms with Gasteiger partial charge < -0.3 is 15.0 Å². The summed E-state index contributed by atoms with van der Waals surface area (Å²) in [6.07, 6.45) is 6.04.